The molecule has 4 rings (SSSR count). The normalized spacial score (nSPS) is 17.7. The highest BCUT2D eigenvalue weighted by atomic mass is 32.2. The van der Waals surface area contributed by atoms with E-state index in [1.165, 1.54) is 30.6 Å². The molecule has 1 saturated carbocycles. The molecular weight excluding hydrogens is 320 g/mol. The van der Waals surface area contributed by atoms with E-state index in [-0.39, 0.29) is 5.91 Å². The second-order valence-corrected chi connectivity index (χ2v) is 7.83. The van der Waals surface area contributed by atoms with E-state index >= 15 is 0 Å². The van der Waals surface area contributed by atoms with Gasteiger partial charge in [0.2, 0.25) is 0 Å². The standard InChI is InChI=1S/C18H22N4OS/c23-18(17-15-11-19-10-9-16(15)21-22-17)20-12-5-7-14(8-6-12)24-13-3-1-2-4-13/h5-8,13,19H,1-4,9-11H2,(H,20,23)(H,21,22). The Hall–Kier alpha value is -1.79. The van der Waals surface area contributed by atoms with Gasteiger partial charge in [0.1, 0.15) is 0 Å². The molecule has 5 nitrogen and oxygen atoms in total. The zero-order chi connectivity index (χ0) is 16.4. The number of benzene rings is 1. The first-order chi connectivity index (χ1) is 11.8. The van der Waals surface area contributed by atoms with Crippen molar-refractivity contribution in [1.29, 1.82) is 0 Å². The summed E-state index contributed by atoms with van der Waals surface area (Å²) in [6.07, 6.45) is 6.24. The number of rotatable bonds is 4. The minimum atomic E-state index is -0.146. The van der Waals surface area contributed by atoms with Crippen molar-refractivity contribution in [2.24, 2.45) is 0 Å². The maximum absolute atomic E-state index is 12.5. The van der Waals surface area contributed by atoms with Gasteiger partial charge in [-0.1, -0.05) is 12.8 Å². The molecule has 0 atom stereocenters. The zero-order valence-electron chi connectivity index (χ0n) is 13.6. The van der Waals surface area contributed by atoms with E-state index in [0.717, 1.165) is 35.2 Å². The average molecular weight is 342 g/mol. The highest BCUT2D eigenvalue weighted by Gasteiger charge is 2.21. The molecule has 2 aliphatic rings. The fraction of sp³-hybridized carbons (Fsp3) is 0.444. The van der Waals surface area contributed by atoms with Gasteiger partial charge in [-0.15, -0.1) is 11.8 Å². The topological polar surface area (TPSA) is 69.8 Å². The van der Waals surface area contributed by atoms with Crippen LogP contribution in [0, 0.1) is 0 Å². The first-order valence-electron chi connectivity index (χ1n) is 8.64. The predicted octanol–water partition coefficient (Wildman–Crippen LogP) is 3.34. The lowest BCUT2D eigenvalue weighted by atomic mass is 10.1. The van der Waals surface area contributed by atoms with Gasteiger partial charge in [0.25, 0.3) is 5.91 Å². The van der Waals surface area contributed by atoms with Crippen LogP contribution in [0.15, 0.2) is 29.2 Å². The number of anilines is 1. The van der Waals surface area contributed by atoms with Gasteiger partial charge >= 0.3 is 0 Å². The highest BCUT2D eigenvalue weighted by Crippen LogP contribution is 2.35. The Labute approximate surface area is 146 Å². The maximum atomic E-state index is 12.5. The minimum Gasteiger partial charge on any atom is -0.321 e. The Bertz CT molecular complexity index is 719. The zero-order valence-corrected chi connectivity index (χ0v) is 14.4. The molecule has 0 unspecified atom stereocenters. The van der Waals surface area contributed by atoms with Crippen LogP contribution in [-0.2, 0) is 13.0 Å². The van der Waals surface area contributed by atoms with Crippen molar-refractivity contribution < 1.29 is 4.79 Å². The number of aromatic nitrogens is 2. The summed E-state index contributed by atoms with van der Waals surface area (Å²) < 4.78 is 0. The van der Waals surface area contributed by atoms with Gasteiger partial charge < -0.3 is 10.6 Å². The van der Waals surface area contributed by atoms with E-state index in [0.29, 0.717) is 12.2 Å². The number of nitrogens with zero attached hydrogens (tertiary/aromatic N) is 1. The molecule has 6 heteroatoms. The van der Waals surface area contributed by atoms with Crippen molar-refractivity contribution in [3.8, 4) is 0 Å². The highest BCUT2D eigenvalue weighted by molar-refractivity contribution is 8.00. The fourth-order valence-electron chi connectivity index (χ4n) is 3.42. The summed E-state index contributed by atoms with van der Waals surface area (Å²) >= 11 is 1.96. The van der Waals surface area contributed by atoms with E-state index in [2.05, 4.69) is 33.0 Å². The number of hydrogen-bond donors (Lipinski definition) is 3. The number of nitrogens with one attached hydrogen (secondary N) is 3. The van der Waals surface area contributed by atoms with Crippen LogP contribution in [0.25, 0.3) is 0 Å². The van der Waals surface area contributed by atoms with Crippen molar-refractivity contribution in [2.45, 2.75) is 48.8 Å². The van der Waals surface area contributed by atoms with E-state index < -0.39 is 0 Å². The lowest BCUT2D eigenvalue weighted by Gasteiger charge is -2.13. The smallest absolute Gasteiger partial charge is 0.276 e. The van der Waals surface area contributed by atoms with Crippen molar-refractivity contribution >= 4 is 23.4 Å². The Balaban J connectivity index is 1.41. The van der Waals surface area contributed by atoms with Gasteiger partial charge in [-0.3, -0.25) is 9.89 Å². The third-order valence-corrected chi connectivity index (χ3v) is 6.09. The summed E-state index contributed by atoms with van der Waals surface area (Å²) in [5, 5.41) is 14.2. The molecule has 0 spiro atoms. The summed E-state index contributed by atoms with van der Waals surface area (Å²) in [5.74, 6) is -0.146. The van der Waals surface area contributed by atoms with Crippen LogP contribution in [0.4, 0.5) is 5.69 Å². The number of thioether (sulfide) groups is 1. The van der Waals surface area contributed by atoms with Crippen LogP contribution in [0.2, 0.25) is 0 Å². The van der Waals surface area contributed by atoms with Gasteiger partial charge in [-0.2, -0.15) is 5.10 Å². The van der Waals surface area contributed by atoms with Crippen LogP contribution < -0.4 is 10.6 Å². The van der Waals surface area contributed by atoms with Crippen LogP contribution in [0.1, 0.15) is 47.4 Å². The second-order valence-electron chi connectivity index (χ2n) is 6.46. The number of aromatic amines is 1. The second kappa shape index (κ2) is 6.99. The van der Waals surface area contributed by atoms with E-state index in [1.54, 1.807) is 0 Å². The van der Waals surface area contributed by atoms with Gasteiger partial charge in [-0.05, 0) is 37.1 Å². The Morgan fingerprint density at radius 2 is 2.00 bits per heavy atom. The van der Waals surface area contributed by atoms with Gasteiger partial charge in [0.15, 0.2) is 5.69 Å². The van der Waals surface area contributed by atoms with Crippen LogP contribution >= 0.6 is 11.8 Å². The predicted molar refractivity (Wildman–Crippen MR) is 96.5 cm³/mol. The summed E-state index contributed by atoms with van der Waals surface area (Å²) in [5.41, 5.74) is 3.38. The summed E-state index contributed by atoms with van der Waals surface area (Å²) in [6.45, 7) is 1.63. The Morgan fingerprint density at radius 3 is 2.79 bits per heavy atom. The third-order valence-electron chi connectivity index (χ3n) is 4.74. The largest absolute Gasteiger partial charge is 0.321 e. The first-order valence-corrected chi connectivity index (χ1v) is 9.52. The van der Waals surface area contributed by atoms with Crippen molar-refractivity contribution in [3.63, 3.8) is 0 Å². The minimum absolute atomic E-state index is 0.146. The SMILES string of the molecule is O=C(Nc1ccc(SC2CCCC2)cc1)c1n[nH]c2c1CNCC2. The third kappa shape index (κ3) is 3.35. The Morgan fingerprint density at radius 1 is 1.21 bits per heavy atom. The molecule has 0 bridgehead atoms. The van der Waals surface area contributed by atoms with E-state index in [9.17, 15) is 4.79 Å². The molecule has 1 aromatic heterocycles. The van der Waals surface area contributed by atoms with Crippen molar-refractivity contribution in [2.75, 3.05) is 11.9 Å². The number of amides is 1. The quantitative estimate of drug-likeness (QED) is 0.797. The average Bonchev–Trinajstić information content (AvgIpc) is 3.26. The molecule has 0 saturated heterocycles. The van der Waals surface area contributed by atoms with Crippen LogP contribution in [0.5, 0.6) is 0 Å². The number of carbonyl (C=O) groups excluding carboxylic acids is 1. The summed E-state index contributed by atoms with van der Waals surface area (Å²) in [7, 11) is 0. The van der Waals surface area contributed by atoms with Gasteiger partial charge in [0.05, 0.1) is 0 Å². The fourth-order valence-corrected chi connectivity index (χ4v) is 4.67. The van der Waals surface area contributed by atoms with Gasteiger partial charge in [-0.25, -0.2) is 0 Å². The maximum Gasteiger partial charge on any atom is 0.276 e. The number of fused-ring (bicyclic) bond motifs is 1. The molecule has 2 aromatic rings. The summed E-state index contributed by atoms with van der Waals surface area (Å²) in [6, 6.07) is 8.15. The molecule has 2 heterocycles. The van der Waals surface area contributed by atoms with Crippen LogP contribution in [0.3, 0.4) is 0 Å². The monoisotopic (exact) mass is 342 g/mol. The van der Waals surface area contributed by atoms with E-state index in [1.807, 2.05) is 23.9 Å². The molecule has 1 fully saturated rings. The molecule has 1 aliphatic carbocycles. The molecule has 1 aliphatic heterocycles. The molecule has 24 heavy (non-hydrogen) atoms. The van der Waals surface area contributed by atoms with Crippen LogP contribution in [-0.4, -0.2) is 27.9 Å². The molecule has 3 N–H and O–H groups in total. The lowest BCUT2D eigenvalue weighted by molar-refractivity contribution is 0.102. The Kier molecular flexibility index (Phi) is 4.58. The molecule has 1 amide bonds. The van der Waals surface area contributed by atoms with Gasteiger partial charge in [0, 0.05) is 46.6 Å². The molecule has 126 valence electrons. The number of hydrogen-bond acceptors (Lipinski definition) is 4. The lowest BCUT2D eigenvalue weighted by Crippen LogP contribution is -2.25. The van der Waals surface area contributed by atoms with Crippen molar-refractivity contribution in [3.05, 3.63) is 41.2 Å². The first kappa shape index (κ1) is 15.7. The molecule has 1 aromatic carbocycles. The van der Waals surface area contributed by atoms with E-state index in [4.69, 9.17) is 0 Å². The number of H-pyrrole nitrogens is 1. The molecule has 0 radical (unpaired) electrons. The van der Waals surface area contributed by atoms with Crippen molar-refractivity contribution in [1.82, 2.24) is 15.5 Å². The number of carbonyl (C=O) groups is 1. The summed E-state index contributed by atoms with van der Waals surface area (Å²) in [4.78, 5) is 13.8. The molecular formula is C18H22N4OS.